The molecule has 0 heterocycles. The number of phenolic OH excluding ortho intramolecular Hbond substituents is 2. The summed E-state index contributed by atoms with van der Waals surface area (Å²) < 4.78 is 5.70. The molecule has 33 heavy (non-hydrogen) atoms. The summed E-state index contributed by atoms with van der Waals surface area (Å²) in [6.45, 7) is 0. The summed E-state index contributed by atoms with van der Waals surface area (Å²) in [6.07, 6.45) is 0. The lowest BCUT2D eigenvalue weighted by Gasteiger charge is -2.15. The van der Waals surface area contributed by atoms with Gasteiger partial charge in [-0.25, -0.2) is 0 Å². The van der Waals surface area contributed by atoms with Crippen LogP contribution in [0, 0.1) is 0 Å². The maximum atomic E-state index is 10.6. The van der Waals surface area contributed by atoms with E-state index in [1.165, 1.54) is 12.1 Å². The van der Waals surface area contributed by atoms with Crippen LogP contribution in [0.15, 0.2) is 60.7 Å². The highest BCUT2D eigenvalue weighted by molar-refractivity contribution is 6.45. The molecule has 0 saturated carbocycles. The van der Waals surface area contributed by atoms with E-state index in [-0.39, 0.29) is 33.0 Å². The standard InChI is InChI=1S/C24H12Cl6O3/c25-15-5-1-3-11(19(15)27)13-7-9-17(23(31)21(13)29)33-18-10-8-14(22(30)24(18)32)12-4-2-6-16(26)20(12)28/h1-10,31-32H. The van der Waals surface area contributed by atoms with Crippen molar-refractivity contribution in [3.63, 3.8) is 0 Å². The quantitative estimate of drug-likeness (QED) is 0.261. The predicted octanol–water partition coefficient (Wildman–Crippen LogP) is 10.1. The topological polar surface area (TPSA) is 49.7 Å². The fourth-order valence-corrected chi connectivity index (χ4v) is 4.54. The number of benzene rings is 4. The number of hydrogen-bond acceptors (Lipinski definition) is 3. The van der Waals surface area contributed by atoms with E-state index in [0.717, 1.165) is 0 Å². The number of rotatable bonds is 4. The molecular formula is C24H12Cl6O3. The van der Waals surface area contributed by atoms with Crippen LogP contribution in [-0.4, -0.2) is 10.2 Å². The lowest BCUT2D eigenvalue weighted by Crippen LogP contribution is -1.91. The minimum Gasteiger partial charge on any atom is -0.503 e. The number of phenols is 2. The predicted molar refractivity (Wildman–Crippen MR) is 137 cm³/mol. The molecule has 0 radical (unpaired) electrons. The molecule has 2 N–H and O–H groups in total. The van der Waals surface area contributed by atoms with Gasteiger partial charge < -0.3 is 14.9 Å². The molecule has 0 aliphatic heterocycles. The van der Waals surface area contributed by atoms with E-state index in [1.54, 1.807) is 48.5 Å². The van der Waals surface area contributed by atoms with E-state index in [9.17, 15) is 10.2 Å². The first-order valence-electron chi connectivity index (χ1n) is 9.30. The van der Waals surface area contributed by atoms with Crippen molar-refractivity contribution >= 4 is 69.6 Å². The molecule has 0 amide bonds. The van der Waals surface area contributed by atoms with Crippen LogP contribution in [0.2, 0.25) is 30.1 Å². The molecule has 0 unspecified atom stereocenters. The second-order valence-corrected chi connectivity index (χ2v) is 9.18. The molecule has 9 heteroatoms. The fourth-order valence-electron chi connectivity index (χ4n) is 3.22. The average molecular weight is 561 g/mol. The smallest absolute Gasteiger partial charge is 0.178 e. The van der Waals surface area contributed by atoms with Gasteiger partial charge in [-0.05, 0) is 36.4 Å². The lowest BCUT2D eigenvalue weighted by molar-refractivity contribution is 0.386. The second kappa shape index (κ2) is 9.71. The molecule has 0 aliphatic carbocycles. The van der Waals surface area contributed by atoms with Gasteiger partial charge in [-0.3, -0.25) is 0 Å². The molecule has 0 saturated heterocycles. The highest BCUT2D eigenvalue weighted by Gasteiger charge is 2.20. The Morgan fingerprint density at radius 2 is 0.818 bits per heavy atom. The Kier molecular flexibility index (Phi) is 7.11. The van der Waals surface area contributed by atoms with Gasteiger partial charge in [0.15, 0.2) is 23.0 Å². The summed E-state index contributed by atoms with van der Waals surface area (Å²) in [5, 5.41) is 22.6. The molecule has 0 atom stereocenters. The lowest BCUT2D eigenvalue weighted by atomic mass is 10.0. The molecule has 4 aromatic rings. The molecule has 0 aliphatic rings. The molecule has 0 bridgehead atoms. The van der Waals surface area contributed by atoms with Crippen LogP contribution in [0.5, 0.6) is 23.0 Å². The van der Waals surface area contributed by atoms with Gasteiger partial charge in [0.05, 0.1) is 30.1 Å². The van der Waals surface area contributed by atoms with Crippen molar-refractivity contribution < 1.29 is 14.9 Å². The molecule has 0 spiro atoms. The van der Waals surface area contributed by atoms with E-state index in [2.05, 4.69) is 0 Å². The van der Waals surface area contributed by atoms with Crippen LogP contribution in [0.3, 0.4) is 0 Å². The highest BCUT2D eigenvalue weighted by Crippen LogP contribution is 2.49. The third kappa shape index (κ3) is 4.54. The van der Waals surface area contributed by atoms with E-state index >= 15 is 0 Å². The number of halogens is 6. The first-order valence-corrected chi connectivity index (χ1v) is 11.6. The van der Waals surface area contributed by atoms with Crippen LogP contribution in [0.4, 0.5) is 0 Å². The Labute approximate surface area is 219 Å². The van der Waals surface area contributed by atoms with Crippen LogP contribution in [0.25, 0.3) is 22.3 Å². The summed E-state index contributed by atoms with van der Waals surface area (Å²) >= 11 is 37.5. The van der Waals surface area contributed by atoms with Gasteiger partial charge in [-0.1, -0.05) is 93.9 Å². The zero-order chi connectivity index (χ0) is 23.9. The third-order valence-electron chi connectivity index (χ3n) is 4.86. The monoisotopic (exact) mass is 558 g/mol. The SMILES string of the molecule is Oc1c(Oc2ccc(-c3cccc(Cl)c3Cl)c(Cl)c2O)ccc(-c2cccc(Cl)c2Cl)c1Cl. The van der Waals surface area contributed by atoms with Crippen LogP contribution >= 0.6 is 69.6 Å². The Morgan fingerprint density at radius 1 is 0.455 bits per heavy atom. The van der Waals surface area contributed by atoms with Gasteiger partial charge in [0, 0.05) is 22.3 Å². The zero-order valence-electron chi connectivity index (χ0n) is 16.3. The van der Waals surface area contributed by atoms with Gasteiger partial charge in [-0.2, -0.15) is 0 Å². The van der Waals surface area contributed by atoms with E-state index in [4.69, 9.17) is 74.3 Å². The van der Waals surface area contributed by atoms with Crippen LogP contribution < -0.4 is 4.74 Å². The fraction of sp³-hybridized carbons (Fsp3) is 0. The molecule has 0 aromatic heterocycles. The van der Waals surface area contributed by atoms with Crippen LogP contribution in [0.1, 0.15) is 0 Å². The molecule has 168 valence electrons. The summed E-state index contributed by atoms with van der Waals surface area (Å²) in [6, 6.07) is 16.4. The summed E-state index contributed by atoms with van der Waals surface area (Å²) in [5.41, 5.74) is 2.01. The van der Waals surface area contributed by atoms with Crippen molar-refractivity contribution in [2.45, 2.75) is 0 Å². The Bertz CT molecular complexity index is 1280. The van der Waals surface area contributed by atoms with E-state index in [0.29, 0.717) is 42.3 Å². The number of hydrogen-bond donors (Lipinski definition) is 2. The maximum absolute atomic E-state index is 10.6. The molecular weight excluding hydrogens is 549 g/mol. The summed E-state index contributed by atoms with van der Waals surface area (Å²) in [5.74, 6) is -0.686. The van der Waals surface area contributed by atoms with Crippen LogP contribution in [-0.2, 0) is 0 Å². The minimum absolute atomic E-state index is 0.00167. The highest BCUT2D eigenvalue weighted by atomic mass is 35.5. The van der Waals surface area contributed by atoms with Gasteiger partial charge >= 0.3 is 0 Å². The van der Waals surface area contributed by atoms with E-state index in [1.807, 2.05) is 0 Å². The van der Waals surface area contributed by atoms with Crippen molar-refractivity contribution in [3.05, 3.63) is 90.8 Å². The molecule has 4 rings (SSSR count). The first-order chi connectivity index (χ1) is 15.7. The zero-order valence-corrected chi connectivity index (χ0v) is 20.9. The molecule has 0 fully saturated rings. The van der Waals surface area contributed by atoms with Crippen molar-refractivity contribution in [1.29, 1.82) is 0 Å². The normalized spacial score (nSPS) is 11.0. The van der Waals surface area contributed by atoms with Gasteiger partial charge in [0.25, 0.3) is 0 Å². The minimum atomic E-state index is -0.345. The first kappa shape index (κ1) is 24.2. The Morgan fingerprint density at radius 3 is 1.21 bits per heavy atom. The summed E-state index contributed by atoms with van der Waals surface area (Å²) in [4.78, 5) is 0. The van der Waals surface area contributed by atoms with Gasteiger partial charge in [0.1, 0.15) is 0 Å². The number of aromatic hydroxyl groups is 2. The Hall–Kier alpha value is -1.98. The summed E-state index contributed by atoms with van der Waals surface area (Å²) in [7, 11) is 0. The maximum Gasteiger partial charge on any atom is 0.178 e. The largest absolute Gasteiger partial charge is 0.503 e. The second-order valence-electron chi connectivity index (χ2n) is 6.85. The molecule has 4 aromatic carbocycles. The number of ether oxygens (including phenoxy) is 1. The van der Waals surface area contributed by atoms with Gasteiger partial charge in [0.2, 0.25) is 0 Å². The van der Waals surface area contributed by atoms with E-state index < -0.39 is 0 Å². The van der Waals surface area contributed by atoms with Crippen molar-refractivity contribution in [2.75, 3.05) is 0 Å². The average Bonchev–Trinajstić information content (AvgIpc) is 2.79. The Balaban J connectivity index is 1.71. The van der Waals surface area contributed by atoms with Gasteiger partial charge in [-0.15, -0.1) is 0 Å². The van der Waals surface area contributed by atoms with Crippen molar-refractivity contribution in [3.8, 4) is 45.3 Å². The van der Waals surface area contributed by atoms with Crippen molar-refractivity contribution in [1.82, 2.24) is 0 Å². The molecule has 3 nitrogen and oxygen atoms in total. The van der Waals surface area contributed by atoms with Crippen molar-refractivity contribution in [2.24, 2.45) is 0 Å². The third-order valence-corrected chi connectivity index (χ3v) is 7.26.